The second-order valence-corrected chi connectivity index (χ2v) is 8.48. The predicted molar refractivity (Wildman–Crippen MR) is 130 cm³/mol. The van der Waals surface area contributed by atoms with Crippen molar-refractivity contribution in [2.24, 2.45) is 0 Å². The van der Waals surface area contributed by atoms with Crippen molar-refractivity contribution >= 4 is 22.8 Å². The molecule has 0 radical (unpaired) electrons. The number of nitrogen functional groups attached to an aromatic ring is 1. The lowest BCUT2D eigenvalue weighted by molar-refractivity contribution is 0.0948. The van der Waals surface area contributed by atoms with E-state index >= 15 is 0 Å². The number of aromatic nitrogens is 4. The highest BCUT2D eigenvalue weighted by atomic mass is 19.1. The van der Waals surface area contributed by atoms with E-state index < -0.39 is 5.82 Å². The predicted octanol–water partition coefficient (Wildman–Crippen LogP) is 3.08. The van der Waals surface area contributed by atoms with E-state index in [0.29, 0.717) is 17.2 Å². The minimum Gasteiger partial charge on any atom is -0.496 e. The Morgan fingerprint density at radius 3 is 2.97 bits per heavy atom. The van der Waals surface area contributed by atoms with Crippen LogP contribution in [-0.2, 0) is 6.54 Å². The molecule has 0 bridgehead atoms. The molecule has 10 heteroatoms. The van der Waals surface area contributed by atoms with Crippen molar-refractivity contribution in [2.75, 3.05) is 25.9 Å². The molecule has 1 amide bonds. The van der Waals surface area contributed by atoms with Crippen LogP contribution >= 0.6 is 0 Å². The van der Waals surface area contributed by atoms with Crippen LogP contribution in [0.3, 0.4) is 0 Å². The Hall–Kier alpha value is -4.05. The first-order chi connectivity index (χ1) is 17.0. The molecule has 2 aromatic carbocycles. The topological polar surface area (TPSA) is 120 Å². The quantitative estimate of drug-likeness (QED) is 0.392. The fourth-order valence-corrected chi connectivity index (χ4v) is 4.45. The molecule has 4 N–H and O–H groups in total. The number of rotatable bonds is 6. The van der Waals surface area contributed by atoms with Gasteiger partial charge in [0.05, 0.1) is 24.1 Å². The van der Waals surface area contributed by atoms with E-state index in [-0.39, 0.29) is 29.8 Å². The Bertz CT molecular complexity index is 1380. The zero-order valence-corrected chi connectivity index (χ0v) is 19.3. The molecule has 0 spiro atoms. The lowest BCUT2D eigenvalue weighted by atomic mass is 10.1. The molecule has 0 aliphatic carbocycles. The van der Waals surface area contributed by atoms with Crippen molar-refractivity contribution in [2.45, 2.75) is 25.4 Å². The molecule has 1 aliphatic heterocycles. The third kappa shape index (κ3) is 4.52. The molecule has 0 unspecified atom stereocenters. The molecule has 1 aliphatic rings. The van der Waals surface area contributed by atoms with Gasteiger partial charge in [0.15, 0.2) is 5.65 Å². The van der Waals surface area contributed by atoms with Gasteiger partial charge in [-0.05, 0) is 43.1 Å². The van der Waals surface area contributed by atoms with Crippen molar-refractivity contribution in [1.82, 2.24) is 30.4 Å². The first kappa shape index (κ1) is 22.7. The summed E-state index contributed by atoms with van der Waals surface area (Å²) >= 11 is 0. The second kappa shape index (κ2) is 9.67. The number of ether oxygens (including phenoxy) is 1. The number of nitrogens with one attached hydrogen (secondary N) is 2. The van der Waals surface area contributed by atoms with Crippen LogP contribution in [0.4, 0.5) is 10.2 Å². The number of carbonyl (C=O) groups excluding carboxylic acids is 1. The van der Waals surface area contributed by atoms with Crippen LogP contribution in [0.5, 0.6) is 5.75 Å². The number of hydrogen-bond acceptors (Lipinski definition) is 7. The van der Waals surface area contributed by atoms with Gasteiger partial charge in [-0.3, -0.25) is 4.79 Å². The zero-order valence-electron chi connectivity index (χ0n) is 19.3. The highest BCUT2D eigenvalue weighted by Gasteiger charge is 2.23. The van der Waals surface area contributed by atoms with Gasteiger partial charge in [0.2, 0.25) is 0 Å². The summed E-state index contributed by atoms with van der Waals surface area (Å²) < 4.78 is 20.6. The molecular formula is C25H26FN7O2. The SMILES string of the molecule is COc1cc(F)ccc1C(=O)NCc1cccc(-c2nn([C@@H]3CCCNC3)c3ncnc(N)c23)c1. The number of piperidine rings is 1. The number of methoxy groups -OCH3 is 1. The third-order valence-electron chi connectivity index (χ3n) is 6.20. The summed E-state index contributed by atoms with van der Waals surface area (Å²) in [7, 11) is 1.40. The van der Waals surface area contributed by atoms with Gasteiger partial charge in [-0.2, -0.15) is 5.10 Å². The van der Waals surface area contributed by atoms with Crippen LogP contribution in [-0.4, -0.2) is 45.9 Å². The van der Waals surface area contributed by atoms with E-state index in [2.05, 4.69) is 20.6 Å². The number of fused-ring (bicyclic) bond motifs is 1. The molecule has 0 saturated carbocycles. The van der Waals surface area contributed by atoms with Gasteiger partial charge in [-0.1, -0.05) is 18.2 Å². The van der Waals surface area contributed by atoms with Gasteiger partial charge >= 0.3 is 0 Å². The van der Waals surface area contributed by atoms with Gasteiger partial charge in [0, 0.05) is 24.7 Å². The normalized spacial score (nSPS) is 15.8. The molecule has 1 atom stereocenters. The Labute approximate surface area is 201 Å². The number of nitrogens with two attached hydrogens (primary N) is 1. The third-order valence-corrected chi connectivity index (χ3v) is 6.20. The first-order valence-electron chi connectivity index (χ1n) is 11.5. The van der Waals surface area contributed by atoms with Crippen LogP contribution in [0.1, 0.15) is 34.8 Å². The maximum absolute atomic E-state index is 13.5. The van der Waals surface area contributed by atoms with Gasteiger partial charge in [0.25, 0.3) is 5.91 Å². The summed E-state index contributed by atoms with van der Waals surface area (Å²) in [6.45, 7) is 2.08. The van der Waals surface area contributed by atoms with E-state index in [1.54, 1.807) is 0 Å². The van der Waals surface area contributed by atoms with Crippen molar-refractivity contribution in [3.05, 3.63) is 65.7 Å². The maximum atomic E-state index is 13.5. The van der Waals surface area contributed by atoms with Crippen molar-refractivity contribution in [3.8, 4) is 17.0 Å². The lowest BCUT2D eigenvalue weighted by Crippen LogP contribution is -2.32. The van der Waals surface area contributed by atoms with Gasteiger partial charge in [0.1, 0.15) is 29.4 Å². The van der Waals surface area contributed by atoms with E-state index in [1.807, 2.05) is 28.9 Å². The summed E-state index contributed by atoms with van der Waals surface area (Å²) in [5.74, 6) is -0.266. The van der Waals surface area contributed by atoms with E-state index in [1.165, 1.54) is 31.6 Å². The van der Waals surface area contributed by atoms with Crippen molar-refractivity contribution < 1.29 is 13.9 Å². The van der Waals surface area contributed by atoms with E-state index in [9.17, 15) is 9.18 Å². The molecule has 1 fully saturated rings. The summed E-state index contributed by atoms with van der Waals surface area (Å²) in [6, 6.07) is 11.7. The number of nitrogens with zero attached hydrogens (tertiary/aromatic N) is 4. The van der Waals surface area contributed by atoms with Crippen molar-refractivity contribution in [1.29, 1.82) is 0 Å². The monoisotopic (exact) mass is 475 g/mol. The highest BCUT2D eigenvalue weighted by Crippen LogP contribution is 2.33. The number of amides is 1. The Morgan fingerprint density at radius 1 is 1.29 bits per heavy atom. The summed E-state index contributed by atoms with van der Waals surface area (Å²) in [4.78, 5) is 21.4. The number of carbonyl (C=O) groups is 1. The van der Waals surface area contributed by atoms with Crippen molar-refractivity contribution in [3.63, 3.8) is 0 Å². The fourth-order valence-electron chi connectivity index (χ4n) is 4.45. The summed E-state index contributed by atoms with van der Waals surface area (Å²) in [5.41, 5.74) is 9.66. The van der Waals surface area contributed by atoms with Crippen LogP contribution in [0.15, 0.2) is 48.8 Å². The number of hydrogen-bond donors (Lipinski definition) is 3. The van der Waals surface area contributed by atoms with Gasteiger partial charge < -0.3 is 21.1 Å². The average Bonchev–Trinajstić information content (AvgIpc) is 3.29. The van der Waals surface area contributed by atoms with E-state index in [4.69, 9.17) is 15.6 Å². The molecule has 5 rings (SSSR count). The molecule has 2 aromatic heterocycles. The van der Waals surface area contributed by atoms with Gasteiger partial charge in [-0.15, -0.1) is 0 Å². The Kier molecular flexibility index (Phi) is 6.28. The number of benzene rings is 2. The molecule has 3 heterocycles. The summed E-state index contributed by atoms with van der Waals surface area (Å²) in [5, 5.41) is 11.9. The Balaban J connectivity index is 1.43. The Morgan fingerprint density at radius 2 is 2.17 bits per heavy atom. The standard InChI is InChI=1S/C25H26FN7O2/c1-35-20-11-17(26)7-8-19(20)25(34)29-12-15-4-2-5-16(10-15)22-21-23(27)30-14-31-24(21)33(32-22)18-6-3-9-28-13-18/h2,4-5,7-8,10-11,14,18,28H,3,6,9,12-13H2,1H3,(H,29,34)(H2,27,30,31)/t18-/m1/s1. The first-order valence-corrected chi connectivity index (χ1v) is 11.5. The maximum Gasteiger partial charge on any atom is 0.255 e. The molecular weight excluding hydrogens is 449 g/mol. The zero-order chi connectivity index (χ0) is 24.4. The minimum atomic E-state index is -0.468. The van der Waals surface area contributed by atoms with Crippen LogP contribution in [0, 0.1) is 5.82 Å². The number of anilines is 1. The van der Waals surface area contributed by atoms with Crippen LogP contribution in [0.25, 0.3) is 22.3 Å². The average molecular weight is 476 g/mol. The molecule has 9 nitrogen and oxygen atoms in total. The lowest BCUT2D eigenvalue weighted by Gasteiger charge is -2.23. The largest absolute Gasteiger partial charge is 0.496 e. The molecule has 4 aromatic rings. The number of halogens is 1. The molecule has 35 heavy (non-hydrogen) atoms. The van der Waals surface area contributed by atoms with Crippen LogP contribution < -0.4 is 21.1 Å². The minimum absolute atomic E-state index is 0.181. The smallest absolute Gasteiger partial charge is 0.255 e. The molecule has 180 valence electrons. The second-order valence-electron chi connectivity index (χ2n) is 8.48. The van der Waals surface area contributed by atoms with Crippen LogP contribution in [0.2, 0.25) is 0 Å². The van der Waals surface area contributed by atoms with E-state index in [0.717, 1.165) is 42.4 Å². The summed E-state index contributed by atoms with van der Waals surface area (Å²) in [6.07, 6.45) is 3.54. The fraction of sp³-hybridized carbons (Fsp3) is 0.280. The molecule has 1 saturated heterocycles. The van der Waals surface area contributed by atoms with Gasteiger partial charge in [-0.25, -0.2) is 19.0 Å². The highest BCUT2D eigenvalue weighted by molar-refractivity contribution is 5.98.